The maximum Gasteiger partial charge on any atom is 0.234 e. The number of rotatable bonds is 2. The smallest absolute Gasteiger partial charge is 0.234 e. The Kier molecular flexibility index (Phi) is 2.70. The molecule has 5 nitrogen and oxygen atoms in total. The van der Waals surface area contributed by atoms with Crippen molar-refractivity contribution in [1.82, 2.24) is 19.8 Å². The van der Waals surface area contributed by atoms with Gasteiger partial charge in [-0.2, -0.15) is 9.61 Å². The van der Waals surface area contributed by atoms with E-state index in [-0.39, 0.29) is 17.2 Å². The quantitative estimate of drug-likeness (QED) is 0.783. The second-order valence-corrected chi connectivity index (χ2v) is 5.40. The van der Waals surface area contributed by atoms with Crippen molar-refractivity contribution in [3.63, 3.8) is 0 Å². The van der Waals surface area contributed by atoms with E-state index in [1.54, 1.807) is 4.52 Å². The summed E-state index contributed by atoms with van der Waals surface area (Å²) in [7, 11) is 0. The van der Waals surface area contributed by atoms with Gasteiger partial charge in [-0.1, -0.05) is 31.3 Å². The molecule has 0 amide bonds. The minimum Gasteiger partial charge on any atom is -0.507 e. The highest BCUT2D eigenvalue weighted by molar-refractivity contribution is 7.19. The van der Waals surface area contributed by atoms with Gasteiger partial charge < -0.3 is 5.11 Å². The number of aromatic hydroxyl groups is 1. The molecule has 0 fully saturated rings. The third kappa shape index (κ3) is 1.86. The molecule has 7 heteroatoms. The van der Waals surface area contributed by atoms with Gasteiger partial charge in [-0.3, -0.25) is 0 Å². The van der Waals surface area contributed by atoms with Gasteiger partial charge in [0.25, 0.3) is 0 Å². The second-order valence-electron chi connectivity index (χ2n) is 4.45. The molecular formula is C12H11FN4OS. The van der Waals surface area contributed by atoms with Crippen LogP contribution in [-0.4, -0.2) is 24.9 Å². The monoisotopic (exact) mass is 278 g/mol. The van der Waals surface area contributed by atoms with Gasteiger partial charge in [-0.15, -0.1) is 10.2 Å². The SMILES string of the molecule is CC(C)c1nnc2sc(-c3c(O)cccc3F)nn12. The van der Waals surface area contributed by atoms with E-state index in [0.717, 1.165) is 0 Å². The van der Waals surface area contributed by atoms with Crippen LogP contribution in [0.15, 0.2) is 18.2 Å². The lowest BCUT2D eigenvalue weighted by Gasteiger charge is -2.01. The van der Waals surface area contributed by atoms with Crippen LogP contribution in [-0.2, 0) is 0 Å². The highest BCUT2D eigenvalue weighted by Crippen LogP contribution is 2.34. The van der Waals surface area contributed by atoms with Crippen molar-refractivity contribution in [3.05, 3.63) is 29.8 Å². The number of nitrogens with zero attached hydrogens (tertiary/aromatic N) is 4. The Morgan fingerprint density at radius 1 is 1.32 bits per heavy atom. The van der Waals surface area contributed by atoms with Crippen molar-refractivity contribution < 1.29 is 9.50 Å². The molecule has 2 aromatic heterocycles. The number of hydrogen-bond acceptors (Lipinski definition) is 5. The zero-order valence-corrected chi connectivity index (χ0v) is 11.1. The standard InChI is InChI=1S/C12H11FN4OS/c1-6(2)10-14-15-12-17(10)16-11(19-12)9-7(13)4-3-5-8(9)18/h3-6,18H,1-2H3. The number of hydrogen-bond donors (Lipinski definition) is 1. The lowest BCUT2D eigenvalue weighted by molar-refractivity contribution is 0.472. The first kappa shape index (κ1) is 12.0. The van der Waals surface area contributed by atoms with Crippen molar-refractivity contribution >= 4 is 16.3 Å². The molecule has 0 bridgehead atoms. The maximum absolute atomic E-state index is 13.8. The van der Waals surface area contributed by atoms with Crippen LogP contribution < -0.4 is 0 Å². The molecule has 0 aliphatic heterocycles. The molecule has 0 unspecified atom stereocenters. The number of aromatic nitrogens is 4. The summed E-state index contributed by atoms with van der Waals surface area (Å²) in [5.41, 5.74) is 0.104. The largest absolute Gasteiger partial charge is 0.507 e. The van der Waals surface area contributed by atoms with Crippen molar-refractivity contribution in [2.45, 2.75) is 19.8 Å². The summed E-state index contributed by atoms with van der Waals surface area (Å²) in [6.45, 7) is 3.96. The van der Waals surface area contributed by atoms with Crippen molar-refractivity contribution in [2.75, 3.05) is 0 Å². The first-order valence-electron chi connectivity index (χ1n) is 5.78. The van der Waals surface area contributed by atoms with E-state index in [4.69, 9.17) is 0 Å². The number of phenolic OH excluding ortho intramolecular Hbond substituents is 1. The maximum atomic E-state index is 13.8. The van der Waals surface area contributed by atoms with Gasteiger partial charge in [0.2, 0.25) is 4.96 Å². The predicted octanol–water partition coefficient (Wildman–Crippen LogP) is 2.82. The van der Waals surface area contributed by atoms with Crippen LogP contribution in [0.1, 0.15) is 25.6 Å². The Morgan fingerprint density at radius 3 is 2.79 bits per heavy atom. The van der Waals surface area contributed by atoms with Gasteiger partial charge in [-0.05, 0) is 12.1 Å². The van der Waals surface area contributed by atoms with Gasteiger partial charge in [0.15, 0.2) is 10.8 Å². The van der Waals surface area contributed by atoms with Crippen molar-refractivity contribution in [3.8, 4) is 16.3 Å². The topological polar surface area (TPSA) is 63.3 Å². The first-order chi connectivity index (χ1) is 9.08. The first-order valence-corrected chi connectivity index (χ1v) is 6.59. The number of phenols is 1. The van der Waals surface area contributed by atoms with Gasteiger partial charge >= 0.3 is 0 Å². The molecule has 0 spiro atoms. The summed E-state index contributed by atoms with van der Waals surface area (Å²) in [4.78, 5) is 0.585. The minimum absolute atomic E-state index is 0.104. The summed E-state index contributed by atoms with van der Waals surface area (Å²) < 4.78 is 15.4. The summed E-state index contributed by atoms with van der Waals surface area (Å²) in [5.74, 6) is 0.250. The highest BCUT2D eigenvalue weighted by Gasteiger charge is 2.19. The Morgan fingerprint density at radius 2 is 2.11 bits per heavy atom. The average Bonchev–Trinajstić information content (AvgIpc) is 2.87. The average molecular weight is 278 g/mol. The fourth-order valence-electron chi connectivity index (χ4n) is 1.82. The van der Waals surface area contributed by atoms with Gasteiger partial charge in [-0.25, -0.2) is 4.39 Å². The lowest BCUT2D eigenvalue weighted by Crippen LogP contribution is -1.98. The Labute approximate surface area is 112 Å². The van der Waals surface area contributed by atoms with Crippen LogP contribution in [0.2, 0.25) is 0 Å². The molecule has 2 heterocycles. The summed E-state index contributed by atoms with van der Waals surface area (Å²) in [6.07, 6.45) is 0. The van der Waals surface area contributed by atoms with E-state index in [0.29, 0.717) is 15.8 Å². The van der Waals surface area contributed by atoms with Crippen LogP contribution in [0.5, 0.6) is 5.75 Å². The normalized spacial score (nSPS) is 11.6. The van der Waals surface area contributed by atoms with E-state index < -0.39 is 5.82 Å². The molecule has 0 aliphatic carbocycles. The molecule has 0 saturated heterocycles. The van der Waals surface area contributed by atoms with Crippen LogP contribution in [0.4, 0.5) is 4.39 Å². The molecule has 1 N–H and O–H groups in total. The molecule has 19 heavy (non-hydrogen) atoms. The minimum atomic E-state index is -0.504. The molecular weight excluding hydrogens is 267 g/mol. The van der Waals surface area contributed by atoms with E-state index in [1.807, 2.05) is 13.8 Å². The Bertz CT molecular complexity index is 729. The third-order valence-electron chi connectivity index (χ3n) is 2.74. The van der Waals surface area contributed by atoms with E-state index in [1.165, 1.54) is 29.5 Å². The van der Waals surface area contributed by atoms with E-state index >= 15 is 0 Å². The number of benzene rings is 1. The second kappa shape index (κ2) is 4.27. The molecule has 0 saturated carbocycles. The van der Waals surface area contributed by atoms with Crippen LogP contribution in [0.3, 0.4) is 0 Å². The number of fused-ring (bicyclic) bond motifs is 1. The summed E-state index contributed by atoms with van der Waals surface area (Å²) in [6, 6.07) is 4.18. The van der Waals surface area contributed by atoms with Crippen molar-refractivity contribution in [1.29, 1.82) is 0 Å². The number of halogens is 1. The molecule has 0 atom stereocenters. The fourth-order valence-corrected chi connectivity index (χ4v) is 2.72. The van der Waals surface area contributed by atoms with Gasteiger partial charge in [0.05, 0.1) is 5.56 Å². The molecule has 1 aromatic carbocycles. The Balaban J connectivity index is 2.21. The van der Waals surface area contributed by atoms with Crippen molar-refractivity contribution in [2.24, 2.45) is 0 Å². The summed E-state index contributed by atoms with van der Waals surface area (Å²) >= 11 is 1.20. The van der Waals surface area contributed by atoms with E-state index in [9.17, 15) is 9.50 Å². The van der Waals surface area contributed by atoms with Gasteiger partial charge in [0.1, 0.15) is 11.6 Å². The van der Waals surface area contributed by atoms with Gasteiger partial charge in [0, 0.05) is 5.92 Å². The molecule has 0 radical (unpaired) electrons. The predicted molar refractivity (Wildman–Crippen MR) is 69.8 cm³/mol. The van der Waals surface area contributed by atoms with Crippen LogP contribution in [0.25, 0.3) is 15.5 Å². The third-order valence-corrected chi connectivity index (χ3v) is 3.65. The van der Waals surface area contributed by atoms with E-state index in [2.05, 4.69) is 15.3 Å². The highest BCUT2D eigenvalue weighted by atomic mass is 32.1. The molecule has 0 aliphatic rings. The fraction of sp³-hybridized carbons (Fsp3) is 0.250. The van der Waals surface area contributed by atoms with Crippen LogP contribution >= 0.6 is 11.3 Å². The zero-order chi connectivity index (χ0) is 13.6. The Hall–Kier alpha value is -2.02. The summed E-state index contributed by atoms with van der Waals surface area (Å²) in [5, 5.41) is 22.5. The lowest BCUT2D eigenvalue weighted by atomic mass is 10.2. The zero-order valence-electron chi connectivity index (χ0n) is 10.3. The van der Waals surface area contributed by atoms with Crippen LogP contribution in [0, 0.1) is 5.82 Å². The molecule has 3 rings (SSSR count). The molecule has 98 valence electrons. The molecule has 3 aromatic rings.